The first-order valence-electron chi connectivity index (χ1n) is 11.2. The van der Waals surface area contributed by atoms with Gasteiger partial charge < -0.3 is 5.73 Å². The standard InChI is InChI=1S/C24H28F3N3O3S/c1-29(22(23(28)31)12-16-6-3-2-4-7-16)21-11-10-17-14-30(15-20(17)21)34(32,33)19-9-5-8-18(13-19)24(25,26)27/h2-9,13,17,20-22H,10-12,14-15H2,1H3,(H2,28,31)/t17-,20+,21+,22+/m1/s1. The summed E-state index contributed by atoms with van der Waals surface area (Å²) in [4.78, 5) is 13.9. The van der Waals surface area contributed by atoms with Crippen LogP contribution in [0.15, 0.2) is 59.5 Å². The number of hydrogen-bond acceptors (Lipinski definition) is 4. The molecule has 1 amide bonds. The van der Waals surface area contributed by atoms with E-state index in [1.54, 1.807) is 0 Å². The van der Waals surface area contributed by atoms with Crippen LogP contribution in [0.5, 0.6) is 0 Å². The van der Waals surface area contributed by atoms with E-state index >= 15 is 0 Å². The third kappa shape index (κ3) is 4.85. The van der Waals surface area contributed by atoms with Crippen molar-refractivity contribution in [3.63, 3.8) is 0 Å². The van der Waals surface area contributed by atoms with E-state index in [1.807, 2.05) is 42.3 Å². The molecule has 4 rings (SSSR count). The molecule has 1 saturated heterocycles. The Kier molecular flexibility index (Phi) is 6.76. The van der Waals surface area contributed by atoms with E-state index in [0.29, 0.717) is 12.5 Å². The molecule has 6 nitrogen and oxygen atoms in total. The van der Waals surface area contributed by atoms with Crippen molar-refractivity contribution in [2.75, 3.05) is 20.1 Å². The second-order valence-corrected chi connectivity index (χ2v) is 11.1. The number of benzene rings is 2. The van der Waals surface area contributed by atoms with E-state index in [4.69, 9.17) is 5.73 Å². The van der Waals surface area contributed by atoms with Gasteiger partial charge in [0.2, 0.25) is 15.9 Å². The Morgan fingerprint density at radius 1 is 1.12 bits per heavy atom. The van der Waals surface area contributed by atoms with E-state index in [0.717, 1.165) is 30.5 Å². The van der Waals surface area contributed by atoms with Gasteiger partial charge in [0, 0.05) is 19.1 Å². The molecule has 10 heteroatoms. The molecule has 2 aromatic rings. The first-order valence-corrected chi connectivity index (χ1v) is 12.6. The normalized spacial score (nSPS) is 24.3. The third-order valence-corrected chi connectivity index (χ3v) is 9.03. The summed E-state index contributed by atoms with van der Waals surface area (Å²) in [5.41, 5.74) is 5.72. The Hall–Kier alpha value is -2.43. The minimum absolute atomic E-state index is 0.0248. The van der Waals surface area contributed by atoms with Gasteiger partial charge in [0.05, 0.1) is 16.5 Å². The number of fused-ring (bicyclic) bond motifs is 1. The first kappa shape index (κ1) is 24.7. The van der Waals surface area contributed by atoms with Crippen LogP contribution in [-0.4, -0.2) is 55.8 Å². The predicted molar refractivity (Wildman–Crippen MR) is 121 cm³/mol. The second-order valence-electron chi connectivity index (χ2n) is 9.19. The molecule has 1 aliphatic carbocycles. The van der Waals surface area contributed by atoms with Crippen molar-refractivity contribution in [1.82, 2.24) is 9.21 Å². The van der Waals surface area contributed by atoms with Gasteiger partial charge in [-0.15, -0.1) is 0 Å². The minimum atomic E-state index is -4.62. The maximum Gasteiger partial charge on any atom is 0.416 e. The predicted octanol–water partition coefficient (Wildman–Crippen LogP) is 3.13. The molecule has 34 heavy (non-hydrogen) atoms. The number of carbonyl (C=O) groups excluding carboxylic acids is 1. The van der Waals surface area contributed by atoms with Crippen LogP contribution < -0.4 is 5.73 Å². The van der Waals surface area contributed by atoms with E-state index in [1.165, 1.54) is 10.4 Å². The fraction of sp³-hybridized carbons (Fsp3) is 0.458. The van der Waals surface area contributed by atoms with E-state index in [9.17, 15) is 26.4 Å². The molecule has 184 valence electrons. The lowest BCUT2D eigenvalue weighted by Crippen LogP contribution is -2.50. The Balaban J connectivity index is 1.52. The molecule has 0 unspecified atom stereocenters. The van der Waals surface area contributed by atoms with Crippen molar-refractivity contribution >= 4 is 15.9 Å². The van der Waals surface area contributed by atoms with Crippen molar-refractivity contribution in [1.29, 1.82) is 0 Å². The number of amides is 1. The summed E-state index contributed by atoms with van der Waals surface area (Å²) in [5, 5.41) is 0. The van der Waals surface area contributed by atoms with Gasteiger partial charge in [-0.05, 0) is 61.9 Å². The van der Waals surface area contributed by atoms with Crippen LogP contribution in [0.3, 0.4) is 0 Å². The largest absolute Gasteiger partial charge is 0.416 e. The number of alkyl halides is 3. The summed E-state index contributed by atoms with van der Waals surface area (Å²) in [5.74, 6) is -0.386. The molecule has 2 aromatic carbocycles. The maximum absolute atomic E-state index is 13.2. The molecule has 2 N–H and O–H groups in total. The SMILES string of the molecule is CN([C@@H](Cc1ccccc1)C(N)=O)[C@H]1CC[C@@H]2CN(S(=O)(=O)c3cccc(C(F)(F)F)c3)C[C@@H]21. The molecule has 1 heterocycles. The van der Waals surface area contributed by atoms with E-state index < -0.39 is 33.7 Å². The summed E-state index contributed by atoms with van der Waals surface area (Å²) in [6.07, 6.45) is -2.58. The van der Waals surface area contributed by atoms with Crippen LogP contribution in [0.1, 0.15) is 24.0 Å². The lowest BCUT2D eigenvalue weighted by molar-refractivity contribution is -0.137. The Morgan fingerprint density at radius 3 is 2.47 bits per heavy atom. The molecule has 2 fully saturated rings. The Bertz CT molecular complexity index is 1140. The maximum atomic E-state index is 13.2. The van der Waals surface area contributed by atoms with E-state index in [-0.39, 0.29) is 35.9 Å². The number of rotatable bonds is 7. The van der Waals surface area contributed by atoms with Crippen LogP contribution in [0.4, 0.5) is 13.2 Å². The third-order valence-electron chi connectivity index (χ3n) is 7.20. The summed E-state index contributed by atoms with van der Waals surface area (Å²) in [6.45, 7) is 0.461. The highest BCUT2D eigenvalue weighted by atomic mass is 32.2. The Morgan fingerprint density at radius 2 is 1.82 bits per heavy atom. The molecular formula is C24H28F3N3O3S. The number of halogens is 3. The number of sulfonamides is 1. The van der Waals surface area contributed by atoms with Crippen LogP contribution in [0.25, 0.3) is 0 Å². The average molecular weight is 496 g/mol. The first-order chi connectivity index (χ1) is 16.0. The smallest absolute Gasteiger partial charge is 0.368 e. The molecule has 1 saturated carbocycles. The fourth-order valence-electron chi connectivity index (χ4n) is 5.39. The van der Waals surface area contributed by atoms with Crippen LogP contribution in [0, 0.1) is 11.8 Å². The fourth-order valence-corrected chi connectivity index (χ4v) is 6.97. The van der Waals surface area contributed by atoms with Gasteiger partial charge in [0.15, 0.2) is 0 Å². The zero-order valence-corrected chi connectivity index (χ0v) is 19.6. The number of nitrogens with two attached hydrogens (primary N) is 1. The summed E-state index contributed by atoms with van der Waals surface area (Å²) >= 11 is 0. The quantitative estimate of drug-likeness (QED) is 0.640. The summed E-state index contributed by atoms with van der Waals surface area (Å²) in [7, 11) is -2.23. The molecule has 0 spiro atoms. The zero-order valence-electron chi connectivity index (χ0n) is 18.8. The highest BCUT2D eigenvalue weighted by Gasteiger charge is 2.49. The van der Waals surface area contributed by atoms with Crippen LogP contribution >= 0.6 is 0 Å². The van der Waals surface area contributed by atoms with Gasteiger partial charge in [-0.3, -0.25) is 9.69 Å². The lowest BCUT2D eigenvalue weighted by atomic mass is 9.94. The van der Waals surface area contributed by atoms with Crippen molar-refractivity contribution in [2.45, 2.75) is 42.4 Å². The molecule has 4 atom stereocenters. The number of likely N-dealkylation sites (N-methyl/N-ethyl adjacent to an activating group) is 1. The Labute approximate surface area is 197 Å². The summed E-state index contributed by atoms with van der Waals surface area (Å²) in [6, 6.07) is 12.8. The number of carbonyl (C=O) groups is 1. The van der Waals surface area contributed by atoms with Gasteiger partial charge in [0.1, 0.15) is 0 Å². The summed E-state index contributed by atoms with van der Waals surface area (Å²) < 4.78 is 67.0. The number of primary amides is 1. The second kappa shape index (κ2) is 9.31. The zero-order chi connectivity index (χ0) is 24.7. The minimum Gasteiger partial charge on any atom is -0.368 e. The average Bonchev–Trinajstić information content (AvgIpc) is 3.39. The molecule has 0 radical (unpaired) electrons. The molecule has 0 aromatic heterocycles. The van der Waals surface area contributed by atoms with E-state index in [2.05, 4.69) is 0 Å². The van der Waals surface area contributed by atoms with Crippen molar-refractivity contribution < 1.29 is 26.4 Å². The van der Waals surface area contributed by atoms with Gasteiger partial charge in [-0.25, -0.2) is 8.42 Å². The topological polar surface area (TPSA) is 83.7 Å². The number of hydrogen-bond donors (Lipinski definition) is 1. The van der Waals surface area contributed by atoms with Crippen molar-refractivity contribution in [3.05, 3.63) is 65.7 Å². The molecule has 0 bridgehead atoms. The molecule has 1 aliphatic heterocycles. The monoisotopic (exact) mass is 495 g/mol. The van der Waals surface area contributed by atoms with Gasteiger partial charge >= 0.3 is 6.18 Å². The lowest BCUT2D eigenvalue weighted by Gasteiger charge is -2.34. The van der Waals surface area contributed by atoms with Gasteiger partial charge in [-0.1, -0.05) is 36.4 Å². The molecule has 2 aliphatic rings. The van der Waals surface area contributed by atoms with Crippen LogP contribution in [0.2, 0.25) is 0 Å². The van der Waals surface area contributed by atoms with Crippen molar-refractivity contribution in [3.8, 4) is 0 Å². The van der Waals surface area contributed by atoms with Gasteiger partial charge in [-0.2, -0.15) is 17.5 Å². The van der Waals surface area contributed by atoms with Crippen LogP contribution in [-0.2, 0) is 27.4 Å². The van der Waals surface area contributed by atoms with Gasteiger partial charge in [0.25, 0.3) is 0 Å². The number of nitrogens with zero attached hydrogens (tertiary/aromatic N) is 2. The highest BCUT2D eigenvalue weighted by molar-refractivity contribution is 7.89. The molecular weight excluding hydrogens is 467 g/mol. The highest BCUT2D eigenvalue weighted by Crippen LogP contribution is 2.43. The van der Waals surface area contributed by atoms with Crippen molar-refractivity contribution in [2.24, 2.45) is 17.6 Å².